The third-order valence-electron chi connectivity index (χ3n) is 3.91. The number of rotatable bonds is 4. The number of thiazole rings is 1. The van der Waals surface area contributed by atoms with Crippen molar-refractivity contribution in [1.82, 2.24) is 10.3 Å². The zero-order valence-electron chi connectivity index (χ0n) is 11.6. The molecule has 4 nitrogen and oxygen atoms in total. The van der Waals surface area contributed by atoms with E-state index in [9.17, 15) is 4.79 Å². The summed E-state index contributed by atoms with van der Waals surface area (Å²) in [6, 6.07) is 4.22. The van der Waals surface area contributed by atoms with Crippen LogP contribution in [0.1, 0.15) is 36.2 Å². The van der Waals surface area contributed by atoms with Crippen molar-refractivity contribution in [3.63, 3.8) is 0 Å². The average Bonchev–Trinajstić information content (AvgIpc) is 3.19. The lowest BCUT2D eigenvalue weighted by atomic mass is 9.86. The van der Waals surface area contributed by atoms with Crippen molar-refractivity contribution in [2.45, 2.75) is 31.7 Å². The third-order valence-corrected chi connectivity index (χ3v) is 5.79. The quantitative estimate of drug-likeness (QED) is 0.909. The highest BCUT2D eigenvalue weighted by molar-refractivity contribution is 7.20. The van der Waals surface area contributed by atoms with E-state index in [0.29, 0.717) is 11.6 Å². The molecule has 0 unspecified atom stereocenters. The molecule has 0 spiro atoms. The number of aromatic nitrogens is 1. The fraction of sp³-hybridized carbons (Fsp3) is 0.467. The molecule has 0 atom stereocenters. The van der Waals surface area contributed by atoms with Crippen molar-refractivity contribution in [3.05, 3.63) is 28.6 Å². The van der Waals surface area contributed by atoms with E-state index in [0.717, 1.165) is 35.6 Å². The van der Waals surface area contributed by atoms with Gasteiger partial charge in [-0.05, 0) is 43.0 Å². The molecule has 1 amide bonds. The van der Waals surface area contributed by atoms with Crippen molar-refractivity contribution in [1.29, 1.82) is 0 Å². The molecule has 1 aliphatic carbocycles. The van der Waals surface area contributed by atoms with Crippen molar-refractivity contribution in [3.8, 4) is 9.88 Å². The predicted molar refractivity (Wildman–Crippen MR) is 85.7 cm³/mol. The molecule has 2 aromatic rings. The number of aliphatic hydroxyl groups is 1. The van der Waals surface area contributed by atoms with Crippen LogP contribution < -0.4 is 5.32 Å². The molecule has 0 radical (unpaired) electrons. The fourth-order valence-electron chi connectivity index (χ4n) is 2.64. The summed E-state index contributed by atoms with van der Waals surface area (Å²) < 4.78 is 0. The molecule has 3 rings (SSSR count). The van der Waals surface area contributed by atoms with Crippen LogP contribution in [0, 0.1) is 5.92 Å². The lowest BCUT2D eigenvalue weighted by Gasteiger charge is -2.27. The second kappa shape index (κ2) is 6.68. The molecular weight excluding hydrogens is 304 g/mol. The van der Waals surface area contributed by atoms with Gasteiger partial charge in [-0.25, -0.2) is 4.98 Å². The van der Waals surface area contributed by atoms with E-state index in [2.05, 4.69) is 10.3 Å². The normalized spacial score (nSPS) is 22.1. The number of hydrogen-bond donors (Lipinski definition) is 2. The monoisotopic (exact) mass is 322 g/mol. The van der Waals surface area contributed by atoms with Crippen LogP contribution in [0.3, 0.4) is 0 Å². The number of nitrogens with one attached hydrogen (secondary N) is 1. The molecule has 1 fully saturated rings. The topological polar surface area (TPSA) is 62.2 Å². The molecule has 2 heterocycles. The second-order valence-electron chi connectivity index (χ2n) is 5.39. The Hall–Kier alpha value is -1.24. The fourth-order valence-corrected chi connectivity index (χ4v) is 4.25. The van der Waals surface area contributed by atoms with Crippen molar-refractivity contribution in [2.24, 2.45) is 5.92 Å². The number of thiophene rings is 1. The Bertz CT molecular complexity index is 587. The summed E-state index contributed by atoms with van der Waals surface area (Å²) in [7, 11) is 0. The SMILES string of the molecule is O=C(NC1CCC(CO)CC1)c1csc(-c2cccs2)n1. The van der Waals surface area contributed by atoms with Crippen LogP contribution in [0.5, 0.6) is 0 Å². The van der Waals surface area contributed by atoms with Crippen LogP contribution in [0.25, 0.3) is 9.88 Å². The molecule has 1 saturated carbocycles. The first-order valence-corrected chi connectivity index (χ1v) is 8.93. The minimum Gasteiger partial charge on any atom is -0.396 e. The van der Waals surface area contributed by atoms with Gasteiger partial charge in [0.15, 0.2) is 0 Å². The molecular formula is C15H18N2O2S2. The van der Waals surface area contributed by atoms with Gasteiger partial charge in [-0.1, -0.05) is 6.07 Å². The Kier molecular flexibility index (Phi) is 4.67. The highest BCUT2D eigenvalue weighted by Crippen LogP contribution is 2.28. The van der Waals surface area contributed by atoms with Gasteiger partial charge in [-0.3, -0.25) is 4.79 Å². The second-order valence-corrected chi connectivity index (χ2v) is 7.19. The van der Waals surface area contributed by atoms with E-state index in [1.165, 1.54) is 11.3 Å². The molecule has 0 aromatic carbocycles. The van der Waals surface area contributed by atoms with Gasteiger partial charge in [0, 0.05) is 18.0 Å². The molecule has 112 valence electrons. The van der Waals surface area contributed by atoms with Crippen LogP contribution >= 0.6 is 22.7 Å². The summed E-state index contributed by atoms with van der Waals surface area (Å²) in [5, 5.41) is 16.9. The molecule has 6 heteroatoms. The van der Waals surface area contributed by atoms with Crippen molar-refractivity contribution >= 4 is 28.6 Å². The largest absolute Gasteiger partial charge is 0.396 e. The number of carbonyl (C=O) groups excluding carboxylic acids is 1. The highest BCUT2D eigenvalue weighted by Gasteiger charge is 2.23. The summed E-state index contributed by atoms with van der Waals surface area (Å²) in [4.78, 5) is 17.8. The number of nitrogens with zero attached hydrogens (tertiary/aromatic N) is 1. The molecule has 0 bridgehead atoms. The molecule has 0 saturated heterocycles. The maximum Gasteiger partial charge on any atom is 0.270 e. The molecule has 2 N–H and O–H groups in total. The van der Waals surface area contributed by atoms with Crippen molar-refractivity contribution < 1.29 is 9.90 Å². The minimum atomic E-state index is -0.0819. The number of carbonyl (C=O) groups is 1. The van der Waals surface area contributed by atoms with E-state index in [1.54, 1.807) is 11.3 Å². The number of hydrogen-bond acceptors (Lipinski definition) is 5. The first-order chi connectivity index (χ1) is 10.3. The molecule has 0 aliphatic heterocycles. The Labute approximate surface area is 131 Å². The Morgan fingerprint density at radius 1 is 1.33 bits per heavy atom. The Morgan fingerprint density at radius 3 is 2.81 bits per heavy atom. The zero-order chi connectivity index (χ0) is 14.7. The average molecular weight is 322 g/mol. The van der Waals surface area contributed by atoms with Crippen LogP contribution in [-0.4, -0.2) is 28.6 Å². The molecule has 1 aliphatic rings. The van der Waals surface area contributed by atoms with E-state index < -0.39 is 0 Å². The van der Waals surface area contributed by atoms with E-state index >= 15 is 0 Å². The maximum absolute atomic E-state index is 12.2. The van der Waals surface area contributed by atoms with E-state index in [4.69, 9.17) is 5.11 Å². The predicted octanol–water partition coefficient (Wildman–Crippen LogP) is 3.15. The minimum absolute atomic E-state index is 0.0819. The number of amides is 1. The lowest BCUT2D eigenvalue weighted by molar-refractivity contribution is 0.0909. The zero-order valence-corrected chi connectivity index (χ0v) is 13.3. The lowest BCUT2D eigenvalue weighted by Crippen LogP contribution is -2.38. The summed E-state index contributed by atoms with van der Waals surface area (Å²) >= 11 is 3.14. The summed E-state index contributed by atoms with van der Waals surface area (Å²) in [6.45, 7) is 0.261. The molecule has 2 aromatic heterocycles. The number of aliphatic hydroxyl groups excluding tert-OH is 1. The summed E-state index contributed by atoms with van der Waals surface area (Å²) in [6.07, 6.45) is 3.86. The Balaban J connectivity index is 1.59. The molecule has 21 heavy (non-hydrogen) atoms. The van der Waals surface area contributed by atoms with E-state index in [-0.39, 0.29) is 18.6 Å². The van der Waals surface area contributed by atoms with Gasteiger partial charge in [0.05, 0.1) is 4.88 Å². The van der Waals surface area contributed by atoms with E-state index in [1.807, 2.05) is 22.9 Å². The standard InChI is InChI=1S/C15H18N2O2S2/c18-8-10-3-5-11(6-4-10)16-14(19)12-9-21-15(17-12)13-2-1-7-20-13/h1-2,7,9-11,18H,3-6,8H2,(H,16,19). The van der Waals surface area contributed by atoms with Crippen LogP contribution in [0.2, 0.25) is 0 Å². The highest BCUT2D eigenvalue weighted by atomic mass is 32.1. The van der Waals surface area contributed by atoms with Crippen molar-refractivity contribution in [2.75, 3.05) is 6.61 Å². The van der Waals surface area contributed by atoms with Crippen LogP contribution in [-0.2, 0) is 0 Å². The van der Waals surface area contributed by atoms with Crippen LogP contribution in [0.4, 0.5) is 0 Å². The van der Waals surface area contributed by atoms with Gasteiger partial charge < -0.3 is 10.4 Å². The van der Waals surface area contributed by atoms with Gasteiger partial charge in [-0.2, -0.15) is 0 Å². The third kappa shape index (κ3) is 3.51. The van der Waals surface area contributed by atoms with Gasteiger partial charge in [0.2, 0.25) is 0 Å². The maximum atomic E-state index is 12.2. The summed E-state index contributed by atoms with van der Waals surface area (Å²) in [5.74, 6) is 0.323. The smallest absolute Gasteiger partial charge is 0.270 e. The first-order valence-electron chi connectivity index (χ1n) is 7.17. The van der Waals surface area contributed by atoms with Gasteiger partial charge in [0.25, 0.3) is 5.91 Å². The van der Waals surface area contributed by atoms with Gasteiger partial charge >= 0.3 is 0 Å². The Morgan fingerprint density at radius 2 is 2.14 bits per heavy atom. The van der Waals surface area contributed by atoms with Crippen LogP contribution in [0.15, 0.2) is 22.9 Å². The first kappa shape index (κ1) is 14.7. The van der Waals surface area contributed by atoms with Gasteiger partial charge in [-0.15, -0.1) is 22.7 Å². The summed E-state index contributed by atoms with van der Waals surface area (Å²) in [5.41, 5.74) is 0.507. The van der Waals surface area contributed by atoms with Gasteiger partial charge in [0.1, 0.15) is 10.7 Å².